The summed E-state index contributed by atoms with van der Waals surface area (Å²) < 4.78 is 7.17. The molecule has 5 nitrogen and oxygen atoms in total. The van der Waals surface area contributed by atoms with Crippen LogP contribution in [-0.4, -0.2) is 21.5 Å². The maximum atomic E-state index is 6.16. The molecule has 0 amide bonds. The van der Waals surface area contributed by atoms with E-state index in [1.54, 1.807) is 17.3 Å². The minimum absolute atomic E-state index is 0.515. The lowest BCUT2D eigenvalue weighted by Gasteiger charge is -2.12. The molecule has 1 heterocycles. The third kappa shape index (κ3) is 3.75. The molecule has 0 aliphatic heterocycles. The largest absolute Gasteiger partial charge is 0.490 e. The van der Waals surface area contributed by atoms with E-state index < -0.39 is 0 Å². The first-order valence-electron chi connectivity index (χ1n) is 5.90. The van der Waals surface area contributed by atoms with Gasteiger partial charge in [0.2, 0.25) is 0 Å². The Bertz CT molecular complexity index is 508. The molecule has 1 aromatic carbocycles. The van der Waals surface area contributed by atoms with Gasteiger partial charge in [-0.25, -0.2) is 4.68 Å². The van der Waals surface area contributed by atoms with Crippen LogP contribution in [0.15, 0.2) is 24.8 Å². The van der Waals surface area contributed by atoms with Gasteiger partial charge in [-0.3, -0.25) is 0 Å². The van der Waals surface area contributed by atoms with Gasteiger partial charge in [-0.1, -0.05) is 30.1 Å². The van der Waals surface area contributed by atoms with Gasteiger partial charge in [0.05, 0.1) is 23.2 Å². The summed E-state index contributed by atoms with van der Waals surface area (Å²) in [7, 11) is 0. The second-order valence-corrected chi connectivity index (χ2v) is 4.76. The Hall–Kier alpha value is -1.46. The fourth-order valence-electron chi connectivity index (χ4n) is 1.52. The third-order valence-corrected chi connectivity index (χ3v) is 2.95. The molecule has 0 spiro atoms. The van der Waals surface area contributed by atoms with Crippen molar-refractivity contribution in [1.29, 1.82) is 0 Å². The lowest BCUT2D eigenvalue weighted by atomic mass is 10.2. The average molecular weight is 301 g/mol. The summed E-state index contributed by atoms with van der Waals surface area (Å²) in [5.74, 6) is 0.540. The normalized spacial score (nSPS) is 10.5. The highest BCUT2D eigenvalue weighted by Crippen LogP contribution is 2.34. The van der Waals surface area contributed by atoms with Gasteiger partial charge in [-0.15, -0.1) is 10.2 Å². The monoisotopic (exact) mass is 300 g/mol. The number of benzene rings is 1. The van der Waals surface area contributed by atoms with Crippen molar-refractivity contribution in [2.75, 3.05) is 12.0 Å². The molecule has 0 atom stereocenters. The summed E-state index contributed by atoms with van der Waals surface area (Å²) >= 11 is 12.3. The number of hydrogen-bond acceptors (Lipinski definition) is 4. The van der Waals surface area contributed by atoms with Gasteiger partial charge in [-0.05, 0) is 24.1 Å². The molecule has 0 saturated carbocycles. The standard InChI is InChI=1S/C12H14Cl2N4O/c1-2-3-19-12-10(13)4-9(5-11(12)14)6-17-18-7-15-16-8-18/h4-5,7-8,17H,2-3,6H2,1H3. The molecule has 0 radical (unpaired) electrons. The minimum atomic E-state index is 0.515. The van der Waals surface area contributed by atoms with Crippen LogP contribution >= 0.6 is 23.2 Å². The van der Waals surface area contributed by atoms with Crippen molar-refractivity contribution < 1.29 is 4.74 Å². The molecule has 0 unspecified atom stereocenters. The van der Waals surface area contributed by atoms with E-state index in [4.69, 9.17) is 27.9 Å². The van der Waals surface area contributed by atoms with E-state index >= 15 is 0 Å². The molecule has 1 aromatic heterocycles. The van der Waals surface area contributed by atoms with Crippen LogP contribution in [0.3, 0.4) is 0 Å². The van der Waals surface area contributed by atoms with Gasteiger partial charge < -0.3 is 10.2 Å². The summed E-state index contributed by atoms with van der Waals surface area (Å²) in [5.41, 5.74) is 4.04. The van der Waals surface area contributed by atoms with Crippen molar-refractivity contribution in [3.63, 3.8) is 0 Å². The molecule has 0 fully saturated rings. The third-order valence-electron chi connectivity index (χ3n) is 2.39. The van der Waals surface area contributed by atoms with E-state index in [1.165, 1.54) is 0 Å². The van der Waals surface area contributed by atoms with Crippen LogP contribution in [0, 0.1) is 0 Å². The molecular formula is C12H14Cl2N4O. The molecule has 0 aliphatic carbocycles. The van der Waals surface area contributed by atoms with Crippen LogP contribution in [0.1, 0.15) is 18.9 Å². The van der Waals surface area contributed by atoms with E-state index in [-0.39, 0.29) is 0 Å². The Morgan fingerprint density at radius 1 is 1.21 bits per heavy atom. The number of rotatable bonds is 6. The van der Waals surface area contributed by atoms with Crippen molar-refractivity contribution in [2.45, 2.75) is 19.9 Å². The lowest BCUT2D eigenvalue weighted by Crippen LogP contribution is -2.12. The van der Waals surface area contributed by atoms with Gasteiger partial charge in [0.1, 0.15) is 12.7 Å². The Labute approximate surface area is 121 Å². The first-order chi connectivity index (χ1) is 9.20. The molecule has 0 saturated heterocycles. The molecule has 2 rings (SSSR count). The molecule has 19 heavy (non-hydrogen) atoms. The van der Waals surface area contributed by atoms with Gasteiger partial charge in [0, 0.05) is 0 Å². The number of nitrogens with one attached hydrogen (secondary N) is 1. The number of hydrogen-bond donors (Lipinski definition) is 1. The molecule has 0 aliphatic rings. The van der Waals surface area contributed by atoms with Gasteiger partial charge in [-0.2, -0.15) is 0 Å². The van der Waals surface area contributed by atoms with Crippen LogP contribution in [0.2, 0.25) is 10.0 Å². The van der Waals surface area contributed by atoms with E-state index in [0.29, 0.717) is 28.9 Å². The van der Waals surface area contributed by atoms with Crippen molar-refractivity contribution >= 4 is 23.2 Å². The summed E-state index contributed by atoms with van der Waals surface area (Å²) in [6.07, 6.45) is 4.05. The SMILES string of the molecule is CCCOc1c(Cl)cc(CNn2cnnc2)cc1Cl. The van der Waals surface area contributed by atoms with Gasteiger partial charge >= 0.3 is 0 Å². The van der Waals surface area contributed by atoms with Crippen LogP contribution < -0.4 is 10.2 Å². The predicted molar refractivity (Wildman–Crippen MR) is 75.3 cm³/mol. The number of nitrogens with zero attached hydrogens (tertiary/aromatic N) is 3. The van der Waals surface area contributed by atoms with Crippen LogP contribution in [0.4, 0.5) is 0 Å². The highest BCUT2D eigenvalue weighted by atomic mass is 35.5. The maximum Gasteiger partial charge on any atom is 0.156 e. The fourth-order valence-corrected chi connectivity index (χ4v) is 2.16. The molecule has 7 heteroatoms. The first kappa shape index (κ1) is 14.0. The summed E-state index contributed by atoms with van der Waals surface area (Å²) in [6.45, 7) is 3.18. The Morgan fingerprint density at radius 2 is 1.84 bits per heavy atom. The van der Waals surface area contributed by atoms with E-state index in [0.717, 1.165) is 12.0 Å². The molecule has 2 aromatic rings. The second kappa shape index (κ2) is 6.63. The van der Waals surface area contributed by atoms with Gasteiger partial charge in [0.15, 0.2) is 5.75 Å². The Balaban J connectivity index is 2.06. The maximum absolute atomic E-state index is 6.16. The van der Waals surface area contributed by atoms with Crippen molar-refractivity contribution in [3.8, 4) is 5.75 Å². The van der Waals surface area contributed by atoms with Crippen molar-refractivity contribution in [1.82, 2.24) is 14.9 Å². The van der Waals surface area contributed by atoms with Crippen molar-refractivity contribution in [3.05, 3.63) is 40.4 Å². The molecule has 102 valence electrons. The molecular weight excluding hydrogens is 287 g/mol. The van der Waals surface area contributed by atoms with E-state index in [9.17, 15) is 0 Å². The minimum Gasteiger partial charge on any atom is -0.490 e. The topological polar surface area (TPSA) is 52.0 Å². The summed E-state index contributed by atoms with van der Waals surface area (Å²) in [4.78, 5) is 0. The summed E-state index contributed by atoms with van der Waals surface area (Å²) in [5, 5.41) is 8.42. The second-order valence-electron chi connectivity index (χ2n) is 3.94. The average Bonchev–Trinajstić information content (AvgIpc) is 2.88. The highest BCUT2D eigenvalue weighted by Gasteiger charge is 2.09. The Kier molecular flexibility index (Phi) is 4.87. The molecule has 1 N–H and O–H groups in total. The van der Waals surface area contributed by atoms with Crippen LogP contribution in [-0.2, 0) is 6.54 Å². The predicted octanol–water partition coefficient (Wildman–Crippen LogP) is 3.12. The van der Waals surface area contributed by atoms with E-state index in [2.05, 4.69) is 15.6 Å². The van der Waals surface area contributed by atoms with E-state index in [1.807, 2.05) is 19.1 Å². The number of aromatic nitrogens is 3. The molecule has 0 bridgehead atoms. The van der Waals surface area contributed by atoms with Crippen LogP contribution in [0.25, 0.3) is 0 Å². The zero-order valence-electron chi connectivity index (χ0n) is 10.4. The number of ether oxygens (including phenoxy) is 1. The lowest BCUT2D eigenvalue weighted by molar-refractivity contribution is 0.318. The quantitative estimate of drug-likeness (QED) is 0.890. The fraction of sp³-hybridized carbons (Fsp3) is 0.333. The smallest absolute Gasteiger partial charge is 0.156 e. The van der Waals surface area contributed by atoms with Gasteiger partial charge in [0.25, 0.3) is 0 Å². The zero-order valence-corrected chi connectivity index (χ0v) is 11.9. The zero-order chi connectivity index (χ0) is 13.7. The first-order valence-corrected chi connectivity index (χ1v) is 6.65. The highest BCUT2D eigenvalue weighted by molar-refractivity contribution is 6.37. The Morgan fingerprint density at radius 3 is 2.42 bits per heavy atom. The summed E-state index contributed by atoms with van der Waals surface area (Å²) in [6, 6.07) is 3.66. The van der Waals surface area contributed by atoms with Crippen molar-refractivity contribution in [2.24, 2.45) is 0 Å². The van der Waals surface area contributed by atoms with Crippen LogP contribution in [0.5, 0.6) is 5.75 Å². The number of halogens is 2.